The molecule has 0 heterocycles. The van der Waals surface area contributed by atoms with E-state index >= 15 is 0 Å². The van der Waals surface area contributed by atoms with Crippen LogP contribution in [-0.4, -0.2) is 23.5 Å². The fourth-order valence-electron chi connectivity index (χ4n) is 1.80. The van der Waals surface area contributed by atoms with Crippen molar-refractivity contribution in [2.75, 3.05) is 6.54 Å². The third-order valence-electron chi connectivity index (χ3n) is 3.35. The Kier molecular flexibility index (Phi) is 3.34. The number of carboxylic acids is 1. The summed E-state index contributed by atoms with van der Waals surface area (Å²) in [6.07, 6.45) is 1.23. The molecule has 0 radical (unpaired) electrons. The molecule has 0 unspecified atom stereocenters. The van der Waals surface area contributed by atoms with E-state index in [2.05, 4.69) is 5.32 Å². The van der Waals surface area contributed by atoms with Gasteiger partial charge in [0.25, 0.3) is 0 Å². The number of aliphatic carboxylic acids is 1. The second-order valence-electron chi connectivity index (χ2n) is 4.69. The highest BCUT2D eigenvalue weighted by Gasteiger charge is 2.50. The van der Waals surface area contributed by atoms with Crippen LogP contribution in [0.15, 0.2) is 30.3 Å². The summed E-state index contributed by atoms with van der Waals surface area (Å²) in [6, 6.07) is 8.25. The van der Waals surface area contributed by atoms with Crippen molar-refractivity contribution in [3.8, 4) is 0 Å². The van der Waals surface area contributed by atoms with Crippen LogP contribution in [0.5, 0.6) is 0 Å². The van der Waals surface area contributed by atoms with Crippen molar-refractivity contribution in [1.29, 1.82) is 0 Å². The summed E-state index contributed by atoms with van der Waals surface area (Å²) in [5.41, 5.74) is 5.76. The topological polar surface area (TPSA) is 92.4 Å². The number of hydrogen-bond donors (Lipinski definition) is 3. The second-order valence-corrected chi connectivity index (χ2v) is 4.69. The monoisotopic (exact) mass is 248 g/mol. The third kappa shape index (κ3) is 2.51. The lowest BCUT2D eigenvalue weighted by Crippen LogP contribution is -2.39. The van der Waals surface area contributed by atoms with Crippen LogP contribution in [0.25, 0.3) is 0 Å². The quantitative estimate of drug-likeness (QED) is 0.714. The molecule has 5 nitrogen and oxygen atoms in total. The number of nitrogens with one attached hydrogen (secondary N) is 1. The van der Waals surface area contributed by atoms with E-state index in [1.807, 2.05) is 18.2 Å². The molecule has 0 aromatic heterocycles. The maximum absolute atomic E-state index is 11.8. The average molecular weight is 248 g/mol. The highest BCUT2D eigenvalue weighted by Crippen LogP contribution is 2.45. The van der Waals surface area contributed by atoms with Crippen molar-refractivity contribution in [1.82, 2.24) is 5.32 Å². The smallest absolute Gasteiger partial charge is 0.311 e. The number of hydrogen-bond acceptors (Lipinski definition) is 3. The molecule has 1 aliphatic rings. The van der Waals surface area contributed by atoms with Gasteiger partial charge in [-0.2, -0.15) is 0 Å². The van der Waals surface area contributed by atoms with Crippen LogP contribution >= 0.6 is 0 Å². The molecule has 1 saturated carbocycles. The Morgan fingerprint density at radius 1 is 1.33 bits per heavy atom. The van der Waals surface area contributed by atoms with E-state index in [1.165, 1.54) is 0 Å². The van der Waals surface area contributed by atoms with Gasteiger partial charge in [-0.15, -0.1) is 0 Å². The Hall–Kier alpha value is -1.88. The molecule has 1 aromatic carbocycles. The molecular formula is C13H16N2O3. The SMILES string of the molecule is N[C@@H](C(=O)NCC1(C(=O)O)CC1)c1ccccc1. The van der Waals surface area contributed by atoms with Gasteiger partial charge in [-0.3, -0.25) is 9.59 Å². The minimum atomic E-state index is -0.851. The van der Waals surface area contributed by atoms with E-state index in [-0.39, 0.29) is 12.5 Å². The van der Waals surface area contributed by atoms with Gasteiger partial charge in [-0.25, -0.2) is 0 Å². The summed E-state index contributed by atoms with van der Waals surface area (Å²) in [5.74, 6) is -1.19. The zero-order valence-electron chi connectivity index (χ0n) is 9.93. The van der Waals surface area contributed by atoms with E-state index in [1.54, 1.807) is 12.1 Å². The summed E-state index contributed by atoms with van der Waals surface area (Å²) in [4.78, 5) is 22.8. The van der Waals surface area contributed by atoms with Gasteiger partial charge in [0.05, 0.1) is 5.41 Å². The first-order chi connectivity index (χ1) is 8.55. The molecule has 5 heteroatoms. The Balaban J connectivity index is 1.91. The maximum atomic E-state index is 11.8. The fourth-order valence-corrected chi connectivity index (χ4v) is 1.80. The first-order valence-corrected chi connectivity index (χ1v) is 5.87. The fraction of sp³-hybridized carbons (Fsp3) is 0.385. The zero-order valence-corrected chi connectivity index (χ0v) is 9.93. The number of carbonyl (C=O) groups is 2. The summed E-state index contributed by atoms with van der Waals surface area (Å²) in [7, 11) is 0. The molecule has 1 atom stereocenters. The van der Waals surface area contributed by atoms with Crippen LogP contribution in [0.1, 0.15) is 24.4 Å². The summed E-state index contributed by atoms with van der Waals surface area (Å²) in [5, 5.41) is 11.6. The molecular weight excluding hydrogens is 232 g/mol. The van der Waals surface area contributed by atoms with E-state index in [9.17, 15) is 9.59 Å². The van der Waals surface area contributed by atoms with E-state index < -0.39 is 17.4 Å². The third-order valence-corrected chi connectivity index (χ3v) is 3.35. The van der Waals surface area contributed by atoms with E-state index in [4.69, 9.17) is 10.8 Å². The molecule has 0 saturated heterocycles. The molecule has 1 aliphatic carbocycles. The van der Waals surface area contributed by atoms with Crippen molar-refractivity contribution in [2.45, 2.75) is 18.9 Å². The number of nitrogens with two attached hydrogens (primary N) is 1. The van der Waals surface area contributed by atoms with Crippen molar-refractivity contribution >= 4 is 11.9 Å². The van der Waals surface area contributed by atoms with Gasteiger partial charge in [0.15, 0.2) is 0 Å². The van der Waals surface area contributed by atoms with Crippen LogP contribution in [-0.2, 0) is 9.59 Å². The Morgan fingerprint density at radius 3 is 2.44 bits per heavy atom. The van der Waals surface area contributed by atoms with Crippen molar-refractivity contribution in [2.24, 2.45) is 11.1 Å². The molecule has 4 N–H and O–H groups in total. The molecule has 0 bridgehead atoms. The predicted octanol–water partition coefficient (Wildman–Crippen LogP) is 0.667. The van der Waals surface area contributed by atoms with E-state index in [0.717, 1.165) is 5.56 Å². The largest absolute Gasteiger partial charge is 0.481 e. The molecule has 0 spiro atoms. The summed E-state index contributed by atoms with van der Waals surface area (Å²) >= 11 is 0. The van der Waals surface area contributed by atoms with Gasteiger partial charge >= 0.3 is 5.97 Å². The van der Waals surface area contributed by atoms with Gasteiger partial charge in [0, 0.05) is 6.54 Å². The maximum Gasteiger partial charge on any atom is 0.311 e. The lowest BCUT2D eigenvalue weighted by Gasteiger charge is -2.15. The zero-order chi connectivity index (χ0) is 13.2. The number of amides is 1. The minimum Gasteiger partial charge on any atom is -0.481 e. The van der Waals surface area contributed by atoms with Crippen LogP contribution in [0, 0.1) is 5.41 Å². The Labute approximate surface area is 105 Å². The van der Waals surface area contributed by atoms with Crippen LogP contribution < -0.4 is 11.1 Å². The first kappa shape index (κ1) is 12.6. The Bertz CT molecular complexity index is 455. The van der Waals surface area contributed by atoms with Gasteiger partial charge < -0.3 is 16.2 Å². The van der Waals surface area contributed by atoms with Gasteiger partial charge in [0.2, 0.25) is 5.91 Å². The van der Waals surface area contributed by atoms with Gasteiger partial charge in [-0.05, 0) is 18.4 Å². The number of benzene rings is 1. The van der Waals surface area contributed by atoms with Crippen LogP contribution in [0.3, 0.4) is 0 Å². The first-order valence-electron chi connectivity index (χ1n) is 5.87. The number of rotatable bonds is 5. The molecule has 18 heavy (non-hydrogen) atoms. The van der Waals surface area contributed by atoms with Gasteiger partial charge in [-0.1, -0.05) is 30.3 Å². The highest BCUT2D eigenvalue weighted by atomic mass is 16.4. The Morgan fingerprint density at radius 2 is 1.94 bits per heavy atom. The van der Waals surface area contributed by atoms with Crippen molar-refractivity contribution in [3.63, 3.8) is 0 Å². The average Bonchev–Trinajstić information content (AvgIpc) is 3.17. The normalized spacial score (nSPS) is 17.8. The number of carbonyl (C=O) groups excluding carboxylic acids is 1. The lowest BCUT2D eigenvalue weighted by molar-refractivity contribution is -0.143. The molecule has 1 aromatic rings. The summed E-state index contributed by atoms with van der Waals surface area (Å²) < 4.78 is 0. The molecule has 2 rings (SSSR count). The predicted molar refractivity (Wildman–Crippen MR) is 65.7 cm³/mol. The van der Waals surface area contributed by atoms with Gasteiger partial charge in [0.1, 0.15) is 6.04 Å². The molecule has 0 aliphatic heterocycles. The second kappa shape index (κ2) is 4.78. The molecule has 1 fully saturated rings. The summed E-state index contributed by atoms with van der Waals surface area (Å²) in [6.45, 7) is 0.154. The van der Waals surface area contributed by atoms with Crippen LogP contribution in [0.4, 0.5) is 0 Å². The minimum absolute atomic E-state index is 0.154. The molecule has 1 amide bonds. The van der Waals surface area contributed by atoms with E-state index in [0.29, 0.717) is 12.8 Å². The highest BCUT2D eigenvalue weighted by molar-refractivity contribution is 5.84. The van der Waals surface area contributed by atoms with Crippen LogP contribution in [0.2, 0.25) is 0 Å². The molecule has 96 valence electrons. The standard InChI is InChI=1S/C13H16N2O3/c14-10(9-4-2-1-3-5-9)11(16)15-8-13(6-7-13)12(17)18/h1-5,10H,6-8,14H2,(H,15,16)(H,17,18)/t10-/m1/s1. The van der Waals surface area contributed by atoms with Crippen molar-refractivity contribution in [3.05, 3.63) is 35.9 Å². The van der Waals surface area contributed by atoms with Crippen molar-refractivity contribution < 1.29 is 14.7 Å². The number of carboxylic acid groups (broad SMARTS) is 1. The lowest BCUT2D eigenvalue weighted by atomic mass is 10.1.